The molecule has 0 bridgehead atoms. The molecular formula is C25H24N2O4. The van der Waals surface area contributed by atoms with Crippen LogP contribution in [0.15, 0.2) is 72.8 Å². The Bertz CT molecular complexity index is 1080. The van der Waals surface area contributed by atoms with Crippen LogP contribution < -0.4 is 19.7 Å². The standard InChI is InChI=1S/C25H24N2O4/c1-30-22-13-12-21(15-23(22)31-2)27-16-20(14-24(27)28)26-25(29)19-10-8-18(9-11-19)17-6-4-3-5-7-17/h3-13,15,20H,14,16H2,1-2H3,(H,26,29). The first-order chi connectivity index (χ1) is 15.1. The van der Waals surface area contributed by atoms with Gasteiger partial charge >= 0.3 is 0 Å². The first-order valence-electron chi connectivity index (χ1n) is 10.1. The molecule has 1 N–H and O–H groups in total. The Balaban J connectivity index is 1.42. The van der Waals surface area contributed by atoms with E-state index in [4.69, 9.17) is 9.47 Å². The number of hydrogen-bond acceptors (Lipinski definition) is 4. The normalized spacial score (nSPS) is 15.6. The average molecular weight is 416 g/mol. The van der Waals surface area contributed by atoms with E-state index in [9.17, 15) is 9.59 Å². The van der Waals surface area contributed by atoms with Gasteiger partial charge in [0.2, 0.25) is 5.91 Å². The fourth-order valence-corrected chi connectivity index (χ4v) is 3.76. The second-order valence-corrected chi connectivity index (χ2v) is 7.36. The zero-order chi connectivity index (χ0) is 21.8. The maximum absolute atomic E-state index is 12.7. The summed E-state index contributed by atoms with van der Waals surface area (Å²) in [6.07, 6.45) is 0.252. The summed E-state index contributed by atoms with van der Waals surface area (Å²) in [5.41, 5.74) is 3.43. The van der Waals surface area contributed by atoms with Gasteiger partial charge in [-0.3, -0.25) is 9.59 Å². The number of hydrogen-bond donors (Lipinski definition) is 1. The molecule has 6 nitrogen and oxygen atoms in total. The number of methoxy groups -OCH3 is 2. The van der Waals surface area contributed by atoms with Gasteiger partial charge in [0.1, 0.15) is 0 Å². The van der Waals surface area contributed by atoms with E-state index in [0.717, 1.165) is 11.1 Å². The maximum Gasteiger partial charge on any atom is 0.251 e. The quantitative estimate of drug-likeness (QED) is 0.662. The Morgan fingerprint density at radius 1 is 0.903 bits per heavy atom. The molecule has 1 unspecified atom stereocenters. The Kier molecular flexibility index (Phi) is 5.89. The minimum absolute atomic E-state index is 0.0445. The summed E-state index contributed by atoms with van der Waals surface area (Å²) >= 11 is 0. The lowest BCUT2D eigenvalue weighted by Crippen LogP contribution is -2.37. The smallest absolute Gasteiger partial charge is 0.251 e. The topological polar surface area (TPSA) is 67.9 Å². The molecule has 1 atom stereocenters. The zero-order valence-electron chi connectivity index (χ0n) is 17.5. The highest BCUT2D eigenvalue weighted by molar-refractivity contribution is 5.99. The average Bonchev–Trinajstić information content (AvgIpc) is 3.19. The highest BCUT2D eigenvalue weighted by atomic mass is 16.5. The van der Waals surface area contributed by atoms with Gasteiger partial charge in [-0.2, -0.15) is 0 Å². The van der Waals surface area contributed by atoms with Crippen molar-refractivity contribution in [2.75, 3.05) is 25.7 Å². The van der Waals surface area contributed by atoms with Gasteiger partial charge in [-0.15, -0.1) is 0 Å². The molecule has 1 aliphatic heterocycles. The maximum atomic E-state index is 12.7. The lowest BCUT2D eigenvalue weighted by atomic mass is 10.0. The molecule has 0 radical (unpaired) electrons. The van der Waals surface area contributed by atoms with Gasteiger partial charge in [0.25, 0.3) is 5.91 Å². The third-order valence-corrected chi connectivity index (χ3v) is 5.39. The number of anilines is 1. The summed E-state index contributed by atoms with van der Waals surface area (Å²) in [7, 11) is 3.12. The van der Waals surface area contributed by atoms with Crippen LogP contribution in [0.3, 0.4) is 0 Å². The monoisotopic (exact) mass is 416 g/mol. The number of benzene rings is 3. The summed E-state index contributed by atoms with van der Waals surface area (Å²) < 4.78 is 10.6. The Morgan fingerprint density at radius 2 is 1.58 bits per heavy atom. The summed E-state index contributed by atoms with van der Waals surface area (Å²) in [4.78, 5) is 26.9. The van der Waals surface area contributed by atoms with Crippen molar-refractivity contribution in [3.63, 3.8) is 0 Å². The molecule has 158 valence electrons. The molecule has 1 aliphatic rings. The van der Waals surface area contributed by atoms with Crippen LogP contribution in [0.2, 0.25) is 0 Å². The van der Waals surface area contributed by atoms with Crippen molar-refractivity contribution in [2.24, 2.45) is 0 Å². The molecule has 0 aromatic heterocycles. The van der Waals surface area contributed by atoms with Gasteiger partial charge in [0.15, 0.2) is 11.5 Å². The first kappa shape index (κ1) is 20.5. The van der Waals surface area contributed by atoms with E-state index in [1.54, 1.807) is 43.4 Å². The minimum Gasteiger partial charge on any atom is -0.493 e. The third-order valence-electron chi connectivity index (χ3n) is 5.39. The number of carbonyl (C=O) groups excluding carboxylic acids is 2. The Hall–Kier alpha value is -3.80. The number of ether oxygens (including phenoxy) is 2. The van der Waals surface area contributed by atoms with Gasteiger partial charge in [-0.1, -0.05) is 42.5 Å². The predicted octanol–water partition coefficient (Wildman–Crippen LogP) is 3.91. The fraction of sp³-hybridized carbons (Fsp3) is 0.200. The molecule has 0 saturated carbocycles. The minimum atomic E-state index is -0.262. The molecule has 0 aliphatic carbocycles. The molecule has 0 spiro atoms. The van der Waals surface area contributed by atoms with Crippen LogP contribution in [0.25, 0.3) is 11.1 Å². The Labute approximate surface area is 181 Å². The second kappa shape index (κ2) is 8.92. The first-order valence-corrected chi connectivity index (χ1v) is 10.1. The van der Waals surface area contributed by atoms with Gasteiger partial charge in [0.05, 0.1) is 20.3 Å². The lowest BCUT2D eigenvalue weighted by molar-refractivity contribution is -0.117. The van der Waals surface area contributed by atoms with Crippen LogP contribution in [0.1, 0.15) is 16.8 Å². The molecule has 4 rings (SSSR count). The summed E-state index contributed by atoms with van der Waals surface area (Å²) in [5, 5.41) is 2.98. The van der Waals surface area contributed by atoms with E-state index in [2.05, 4.69) is 5.32 Å². The van der Waals surface area contributed by atoms with Crippen molar-refractivity contribution in [3.8, 4) is 22.6 Å². The molecule has 3 aromatic carbocycles. The van der Waals surface area contributed by atoms with Gasteiger partial charge < -0.3 is 19.7 Å². The van der Waals surface area contributed by atoms with Gasteiger partial charge in [-0.05, 0) is 35.4 Å². The van der Waals surface area contributed by atoms with E-state index in [1.807, 2.05) is 48.5 Å². The number of carbonyl (C=O) groups is 2. The van der Waals surface area contributed by atoms with Crippen LogP contribution in [-0.2, 0) is 4.79 Å². The molecule has 2 amide bonds. The SMILES string of the molecule is COc1ccc(N2CC(NC(=O)c3ccc(-c4ccccc4)cc3)CC2=O)cc1OC. The van der Waals surface area contributed by atoms with Crippen molar-refractivity contribution in [1.82, 2.24) is 5.32 Å². The number of nitrogens with zero attached hydrogens (tertiary/aromatic N) is 1. The second-order valence-electron chi connectivity index (χ2n) is 7.36. The highest BCUT2D eigenvalue weighted by Crippen LogP contribution is 2.33. The van der Waals surface area contributed by atoms with Crippen molar-refractivity contribution >= 4 is 17.5 Å². The molecule has 3 aromatic rings. The van der Waals surface area contributed by atoms with E-state index in [1.165, 1.54) is 0 Å². The number of amides is 2. The lowest BCUT2D eigenvalue weighted by Gasteiger charge is -2.19. The van der Waals surface area contributed by atoms with E-state index in [-0.39, 0.29) is 24.3 Å². The fourth-order valence-electron chi connectivity index (χ4n) is 3.76. The molecule has 1 heterocycles. The summed E-state index contributed by atoms with van der Waals surface area (Å²) in [5.74, 6) is 0.920. The number of rotatable bonds is 6. The van der Waals surface area contributed by atoms with Crippen molar-refractivity contribution < 1.29 is 19.1 Å². The van der Waals surface area contributed by atoms with Gasteiger partial charge in [0, 0.05) is 30.3 Å². The van der Waals surface area contributed by atoms with Crippen molar-refractivity contribution in [1.29, 1.82) is 0 Å². The summed E-state index contributed by atoms with van der Waals surface area (Å²) in [6.45, 7) is 0.405. The largest absolute Gasteiger partial charge is 0.493 e. The van der Waals surface area contributed by atoms with E-state index < -0.39 is 0 Å². The zero-order valence-corrected chi connectivity index (χ0v) is 17.5. The molecule has 1 saturated heterocycles. The van der Waals surface area contributed by atoms with Crippen LogP contribution in [0.5, 0.6) is 11.5 Å². The third kappa shape index (κ3) is 4.38. The molecule has 6 heteroatoms. The van der Waals surface area contributed by atoms with Crippen LogP contribution in [0.4, 0.5) is 5.69 Å². The van der Waals surface area contributed by atoms with E-state index in [0.29, 0.717) is 29.3 Å². The van der Waals surface area contributed by atoms with E-state index >= 15 is 0 Å². The van der Waals surface area contributed by atoms with Crippen molar-refractivity contribution in [3.05, 3.63) is 78.4 Å². The van der Waals surface area contributed by atoms with Gasteiger partial charge in [-0.25, -0.2) is 0 Å². The number of nitrogens with one attached hydrogen (secondary N) is 1. The summed E-state index contributed by atoms with van der Waals surface area (Å²) in [6, 6.07) is 22.6. The van der Waals surface area contributed by atoms with Crippen LogP contribution in [-0.4, -0.2) is 38.6 Å². The molecule has 1 fully saturated rings. The Morgan fingerprint density at radius 3 is 2.26 bits per heavy atom. The van der Waals surface area contributed by atoms with Crippen molar-refractivity contribution in [2.45, 2.75) is 12.5 Å². The van der Waals surface area contributed by atoms with Crippen LogP contribution >= 0.6 is 0 Å². The molecule has 31 heavy (non-hydrogen) atoms. The van der Waals surface area contributed by atoms with Crippen LogP contribution in [0, 0.1) is 0 Å². The molecular weight excluding hydrogens is 392 g/mol. The predicted molar refractivity (Wildman–Crippen MR) is 120 cm³/mol. The highest BCUT2D eigenvalue weighted by Gasteiger charge is 2.32.